The third-order valence-electron chi connectivity index (χ3n) is 2.77. The Hall–Kier alpha value is -2.04. The molecule has 0 aliphatic heterocycles. The Morgan fingerprint density at radius 2 is 1.94 bits per heavy atom. The van der Waals surface area contributed by atoms with Gasteiger partial charge in [0, 0.05) is 17.3 Å². The largest absolute Gasteiger partial charge is 0.383 e. The first-order valence-corrected chi connectivity index (χ1v) is 5.61. The lowest BCUT2D eigenvalue weighted by molar-refractivity contribution is 0.585. The molecule has 0 atom stereocenters. The SMILES string of the molecule is CCc1c(C)nc(-c2ccc(F)cc2F)nc1N. The maximum atomic E-state index is 13.6. The van der Waals surface area contributed by atoms with Crippen LogP contribution in [0.3, 0.4) is 0 Å². The Morgan fingerprint density at radius 3 is 2.50 bits per heavy atom. The predicted octanol–water partition coefficient (Wildman–Crippen LogP) is 2.87. The predicted molar refractivity (Wildman–Crippen MR) is 65.9 cm³/mol. The summed E-state index contributed by atoms with van der Waals surface area (Å²) in [6.07, 6.45) is 0.712. The normalized spacial score (nSPS) is 10.7. The van der Waals surface area contributed by atoms with Gasteiger partial charge in [-0.2, -0.15) is 0 Å². The van der Waals surface area contributed by atoms with Crippen molar-refractivity contribution >= 4 is 5.82 Å². The molecule has 0 saturated carbocycles. The van der Waals surface area contributed by atoms with E-state index >= 15 is 0 Å². The van der Waals surface area contributed by atoms with Crippen LogP contribution in [0.25, 0.3) is 11.4 Å². The first kappa shape index (κ1) is 12.4. The molecule has 0 fully saturated rings. The molecule has 0 spiro atoms. The van der Waals surface area contributed by atoms with Crippen LogP contribution in [0.4, 0.5) is 14.6 Å². The van der Waals surface area contributed by atoms with E-state index in [0.717, 1.165) is 11.6 Å². The molecule has 1 aromatic carbocycles. The molecule has 1 heterocycles. The number of nitrogens with two attached hydrogens (primary N) is 1. The summed E-state index contributed by atoms with van der Waals surface area (Å²) in [7, 11) is 0. The van der Waals surface area contributed by atoms with Crippen LogP contribution in [-0.2, 0) is 6.42 Å². The molecule has 0 saturated heterocycles. The van der Waals surface area contributed by atoms with E-state index in [9.17, 15) is 8.78 Å². The minimum Gasteiger partial charge on any atom is -0.383 e. The highest BCUT2D eigenvalue weighted by Crippen LogP contribution is 2.23. The van der Waals surface area contributed by atoms with Gasteiger partial charge in [0.25, 0.3) is 0 Å². The number of nitrogen functional groups attached to an aromatic ring is 1. The van der Waals surface area contributed by atoms with Gasteiger partial charge in [-0.1, -0.05) is 6.92 Å². The summed E-state index contributed by atoms with van der Waals surface area (Å²) in [4.78, 5) is 8.28. The second-order valence-electron chi connectivity index (χ2n) is 3.97. The maximum Gasteiger partial charge on any atom is 0.164 e. The third-order valence-corrected chi connectivity index (χ3v) is 2.77. The first-order valence-electron chi connectivity index (χ1n) is 5.61. The molecule has 18 heavy (non-hydrogen) atoms. The molecular formula is C13H13F2N3. The smallest absolute Gasteiger partial charge is 0.164 e. The van der Waals surface area contributed by atoms with Gasteiger partial charge in [0.15, 0.2) is 5.82 Å². The fourth-order valence-electron chi connectivity index (χ4n) is 1.85. The number of hydrogen-bond donors (Lipinski definition) is 1. The van der Waals surface area contributed by atoms with E-state index in [4.69, 9.17) is 5.73 Å². The second kappa shape index (κ2) is 4.68. The van der Waals surface area contributed by atoms with E-state index in [0.29, 0.717) is 17.9 Å². The Kier molecular flexibility index (Phi) is 3.23. The van der Waals surface area contributed by atoms with E-state index in [-0.39, 0.29) is 11.4 Å². The summed E-state index contributed by atoms with van der Waals surface area (Å²) >= 11 is 0. The van der Waals surface area contributed by atoms with Crippen LogP contribution < -0.4 is 5.73 Å². The van der Waals surface area contributed by atoms with Crippen LogP contribution in [0, 0.1) is 18.6 Å². The van der Waals surface area contributed by atoms with Crippen molar-refractivity contribution in [1.29, 1.82) is 0 Å². The maximum absolute atomic E-state index is 13.6. The molecule has 0 amide bonds. The van der Waals surface area contributed by atoms with Crippen molar-refractivity contribution in [3.05, 3.63) is 41.1 Å². The summed E-state index contributed by atoms with van der Waals surface area (Å²) < 4.78 is 26.5. The van der Waals surface area contributed by atoms with Crippen molar-refractivity contribution in [2.45, 2.75) is 20.3 Å². The van der Waals surface area contributed by atoms with E-state index in [1.165, 1.54) is 12.1 Å². The summed E-state index contributed by atoms with van der Waals surface area (Å²) in [5, 5.41) is 0. The molecule has 1 aromatic heterocycles. The van der Waals surface area contributed by atoms with Crippen molar-refractivity contribution in [2.24, 2.45) is 0 Å². The Bertz CT molecular complexity index is 574. The standard InChI is InChI=1S/C13H13F2N3/c1-3-9-7(2)17-13(18-12(9)16)10-5-4-8(14)6-11(10)15/h4-6H,3H2,1-2H3,(H2,16,17,18). The van der Waals surface area contributed by atoms with Crippen molar-refractivity contribution in [1.82, 2.24) is 9.97 Å². The summed E-state index contributed by atoms with van der Waals surface area (Å²) in [5.41, 5.74) is 7.51. The zero-order chi connectivity index (χ0) is 13.3. The van der Waals surface area contributed by atoms with E-state index in [1.807, 2.05) is 6.92 Å². The van der Waals surface area contributed by atoms with Crippen molar-refractivity contribution in [3.63, 3.8) is 0 Å². The Labute approximate surface area is 104 Å². The molecule has 0 unspecified atom stereocenters. The first-order chi connectivity index (χ1) is 8.52. The van der Waals surface area contributed by atoms with Crippen molar-refractivity contribution in [2.75, 3.05) is 5.73 Å². The zero-order valence-electron chi connectivity index (χ0n) is 10.2. The number of anilines is 1. The summed E-state index contributed by atoms with van der Waals surface area (Å²) in [6, 6.07) is 3.28. The molecule has 94 valence electrons. The minimum atomic E-state index is -0.696. The van der Waals surface area contributed by atoms with Crippen LogP contribution >= 0.6 is 0 Å². The van der Waals surface area contributed by atoms with Gasteiger partial charge >= 0.3 is 0 Å². The van der Waals surface area contributed by atoms with Crippen molar-refractivity contribution in [3.8, 4) is 11.4 Å². The minimum absolute atomic E-state index is 0.147. The highest BCUT2D eigenvalue weighted by Gasteiger charge is 2.13. The lowest BCUT2D eigenvalue weighted by Gasteiger charge is -2.09. The average Bonchev–Trinajstić information content (AvgIpc) is 2.28. The van der Waals surface area contributed by atoms with Gasteiger partial charge in [-0.15, -0.1) is 0 Å². The van der Waals surface area contributed by atoms with Crippen LogP contribution in [-0.4, -0.2) is 9.97 Å². The number of halogens is 2. The second-order valence-corrected chi connectivity index (χ2v) is 3.97. The van der Waals surface area contributed by atoms with Crippen LogP contribution in [0.2, 0.25) is 0 Å². The van der Waals surface area contributed by atoms with Crippen molar-refractivity contribution < 1.29 is 8.78 Å². The molecule has 0 aliphatic rings. The van der Waals surface area contributed by atoms with Gasteiger partial charge in [0.05, 0.1) is 5.56 Å². The van der Waals surface area contributed by atoms with Crippen LogP contribution in [0.15, 0.2) is 18.2 Å². The summed E-state index contributed by atoms with van der Waals surface area (Å²) in [5.74, 6) is -0.812. The number of benzene rings is 1. The van der Waals surface area contributed by atoms with Crippen LogP contribution in [0.1, 0.15) is 18.2 Å². The molecule has 0 bridgehead atoms. The number of nitrogens with zero attached hydrogens (tertiary/aromatic N) is 2. The highest BCUT2D eigenvalue weighted by atomic mass is 19.1. The van der Waals surface area contributed by atoms with Gasteiger partial charge < -0.3 is 5.73 Å². The average molecular weight is 249 g/mol. The molecule has 2 rings (SSSR count). The van der Waals surface area contributed by atoms with Gasteiger partial charge in [-0.3, -0.25) is 0 Å². The fourth-order valence-corrected chi connectivity index (χ4v) is 1.85. The van der Waals surface area contributed by atoms with Gasteiger partial charge in [0.2, 0.25) is 0 Å². The van der Waals surface area contributed by atoms with Crippen LogP contribution in [0.5, 0.6) is 0 Å². The number of aromatic nitrogens is 2. The Morgan fingerprint density at radius 1 is 1.22 bits per heavy atom. The number of aryl methyl sites for hydroxylation is 1. The number of rotatable bonds is 2. The number of hydrogen-bond acceptors (Lipinski definition) is 3. The topological polar surface area (TPSA) is 51.8 Å². The van der Waals surface area contributed by atoms with E-state index in [2.05, 4.69) is 9.97 Å². The summed E-state index contributed by atoms with van der Waals surface area (Å²) in [6.45, 7) is 3.74. The lowest BCUT2D eigenvalue weighted by Crippen LogP contribution is -2.05. The van der Waals surface area contributed by atoms with Gasteiger partial charge in [-0.05, 0) is 25.5 Å². The highest BCUT2D eigenvalue weighted by molar-refractivity contribution is 5.59. The quantitative estimate of drug-likeness (QED) is 0.890. The van der Waals surface area contributed by atoms with E-state index in [1.54, 1.807) is 6.92 Å². The zero-order valence-corrected chi connectivity index (χ0v) is 10.2. The Balaban J connectivity index is 2.58. The molecule has 2 N–H and O–H groups in total. The van der Waals surface area contributed by atoms with Gasteiger partial charge in [0.1, 0.15) is 17.5 Å². The monoisotopic (exact) mass is 249 g/mol. The molecular weight excluding hydrogens is 236 g/mol. The third kappa shape index (κ3) is 2.16. The van der Waals surface area contributed by atoms with E-state index < -0.39 is 11.6 Å². The lowest BCUT2D eigenvalue weighted by atomic mass is 10.1. The molecule has 0 radical (unpaired) electrons. The fraction of sp³-hybridized carbons (Fsp3) is 0.231. The molecule has 2 aromatic rings. The molecule has 0 aliphatic carbocycles. The van der Waals surface area contributed by atoms with Gasteiger partial charge in [-0.25, -0.2) is 18.7 Å². The molecule has 5 heteroatoms. The molecule has 3 nitrogen and oxygen atoms in total.